The van der Waals surface area contributed by atoms with Crippen molar-refractivity contribution in [1.82, 2.24) is 0 Å². The number of hydrogen-bond acceptors (Lipinski definition) is 0. The third-order valence-electron chi connectivity index (χ3n) is 6.41. The van der Waals surface area contributed by atoms with Gasteiger partial charge in [-0.1, -0.05) is 111 Å². The summed E-state index contributed by atoms with van der Waals surface area (Å²) in [5.74, 6) is 0.937. The summed E-state index contributed by atoms with van der Waals surface area (Å²) in [4.78, 5) is 0. The maximum Gasteiger partial charge on any atom is 0.0810 e. The van der Waals surface area contributed by atoms with Gasteiger partial charge in [0.15, 0.2) is 0 Å². The van der Waals surface area contributed by atoms with Crippen molar-refractivity contribution in [2.75, 3.05) is 27.2 Å². The second kappa shape index (κ2) is 19.3. The van der Waals surface area contributed by atoms with Crippen molar-refractivity contribution >= 4 is 0 Å². The van der Waals surface area contributed by atoms with Crippen LogP contribution in [0.3, 0.4) is 0 Å². The number of unbranched alkanes of at least 4 members (excludes halogenated alkanes) is 14. The lowest BCUT2D eigenvalue weighted by atomic mass is 9.98. The molecule has 0 saturated heterocycles. The highest BCUT2D eigenvalue weighted by molar-refractivity contribution is 4.57. The van der Waals surface area contributed by atoms with Crippen molar-refractivity contribution in [3.8, 4) is 0 Å². The minimum Gasteiger partial charge on any atom is -0.328 e. The Balaban J connectivity index is 3.44. The summed E-state index contributed by atoms with van der Waals surface area (Å²) < 4.78 is 1.24. The first kappa shape index (κ1) is 27.0. The van der Waals surface area contributed by atoms with E-state index in [1.807, 2.05) is 0 Å². The highest BCUT2D eigenvalue weighted by atomic mass is 15.3. The molecule has 0 radical (unpaired) electrons. The van der Waals surface area contributed by atoms with E-state index in [1.54, 1.807) is 0 Å². The molecule has 0 rings (SSSR count). The van der Waals surface area contributed by atoms with E-state index < -0.39 is 0 Å². The van der Waals surface area contributed by atoms with Gasteiger partial charge >= 0.3 is 0 Å². The fourth-order valence-electron chi connectivity index (χ4n) is 4.44. The maximum atomic E-state index is 2.46. The van der Waals surface area contributed by atoms with Gasteiger partial charge in [-0.15, -0.1) is 0 Å². The van der Waals surface area contributed by atoms with Gasteiger partial charge in [0.25, 0.3) is 0 Å². The minimum absolute atomic E-state index is 0.937. The Morgan fingerprint density at radius 2 is 0.926 bits per heavy atom. The van der Waals surface area contributed by atoms with Crippen LogP contribution in [-0.4, -0.2) is 31.7 Å². The van der Waals surface area contributed by atoms with Crippen molar-refractivity contribution in [2.24, 2.45) is 5.92 Å². The molecule has 0 aromatic carbocycles. The minimum atomic E-state index is 0.937. The standard InChI is InChI=1S/C26H56N/c1-6-9-11-12-13-14-15-16-17-18-19-20-21-22-24-27(4,5)25-26(8-3)23-10-7-2/h26H,6-25H2,1-5H3/q+1. The van der Waals surface area contributed by atoms with Gasteiger partial charge in [0, 0.05) is 5.92 Å². The van der Waals surface area contributed by atoms with E-state index in [1.165, 1.54) is 133 Å². The molecule has 1 nitrogen and oxygen atoms in total. The van der Waals surface area contributed by atoms with Crippen LogP contribution in [0.15, 0.2) is 0 Å². The molecule has 1 atom stereocenters. The molecule has 0 spiro atoms. The molecule has 0 aliphatic carbocycles. The first-order valence-electron chi connectivity index (χ1n) is 12.9. The van der Waals surface area contributed by atoms with Crippen LogP contribution in [0.2, 0.25) is 0 Å². The highest BCUT2D eigenvalue weighted by Gasteiger charge is 2.20. The molecule has 1 heteroatoms. The van der Waals surface area contributed by atoms with Crippen LogP contribution >= 0.6 is 0 Å². The molecule has 0 saturated carbocycles. The quantitative estimate of drug-likeness (QED) is 0.137. The molecular formula is C26H56N+. The van der Waals surface area contributed by atoms with Crippen LogP contribution < -0.4 is 0 Å². The van der Waals surface area contributed by atoms with Gasteiger partial charge < -0.3 is 4.48 Å². The third kappa shape index (κ3) is 19.1. The summed E-state index contributed by atoms with van der Waals surface area (Å²) in [6.45, 7) is 9.76. The van der Waals surface area contributed by atoms with Crippen LogP contribution in [0, 0.1) is 5.92 Å². The van der Waals surface area contributed by atoms with Gasteiger partial charge in [-0.05, 0) is 25.7 Å². The van der Waals surface area contributed by atoms with Crippen molar-refractivity contribution in [2.45, 2.75) is 136 Å². The maximum absolute atomic E-state index is 2.46. The van der Waals surface area contributed by atoms with Gasteiger partial charge in [0.2, 0.25) is 0 Å². The predicted molar refractivity (Wildman–Crippen MR) is 125 cm³/mol. The normalized spacial score (nSPS) is 13.2. The second-order valence-electron chi connectivity index (χ2n) is 9.85. The molecule has 0 aromatic rings. The van der Waals surface area contributed by atoms with Crippen molar-refractivity contribution in [3.05, 3.63) is 0 Å². The van der Waals surface area contributed by atoms with Crippen molar-refractivity contribution in [3.63, 3.8) is 0 Å². The molecule has 0 bridgehead atoms. The Morgan fingerprint density at radius 3 is 1.33 bits per heavy atom. The monoisotopic (exact) mass is 382 g/mol. The summed E-state index contributed by atoms with van der Waals surface area (Å²) in [5.41, 5.74) is 0. The van der Waals surface area contributed by atoms with Gasteiger partial charge in [-0.2, -0.15) is 0 Å². The van der Waals surface area contributed by atoms with Crippen molar-refractivity contribution < 1.29 is 4.48 Å². The summed E-state index contributed by atoms with van der Waals surface area (Å²) in [6, 6.07) is 0. The molecule has 0 amide bonds. The lowest BCUT2D eigenvalue weighted by Crippen LogP contribution is -2.44. The molecule has 27 heavy (non-hydrogen) atoms. The molecular weight excluding hydrogens is 326 g/mol. The molecule has 1 unspecified atom stereocenters. The zero-order valence-electron chi connectivity index (χ0n) is 20.2. The fraction of sp³-hybridized carbons (Fsp3) is 1.00. The van der Waals surface area contributed by atoms with Gasteiger partial charge in [-0.25, -0.2) is 0 Å². The summed E-state index contributed by atoms with van der Waals surface area (Å²) in [7, 11) is 4.91. The zero-order chi connectivity index (χ0) is 20.2. The molecule has 0 aliphatic rings. The number of nitrogens with zero attached hydrogens (tertiary/aromatic N) is 1. The van der Waals surface area contributed by atoms with E-state index in [0.717, 1.165) is 5.92 Å². The number of hydrogen-bond donors (Lipinski definition) is 0. The molecule has 0 aliphatic heterocycles. The van der Waals surface area contributed by atoms with E-state index in [2.05, 4.69) is 34.9 Å². The Morgan fingerprint density at radius 1 is 0.519 bits per heavy atom. The Hall–Kier alpha value is -0.0400. The Labute approximate surface area is 174 Å². The summed E-state index contributed by atoms with van der Waals surface area (Å²) in [5, 5.41) is 0. The number of quaternary nitrogens is 1. The van der Waals surface area contributed by atoms with Gasteiger partial charge in [-0.3, -0.25) is 0 Å². The van der Waals surface area contributed by atoms with Crippen LogP contribution in [0.1, 0.15) is 136 Å². The average molecular weight is 383 g/mol. The smallest absolute Gasteiger partial charge is 0.0810 e. The summed E-state index contributed by atoms with van der Waals surface area (Å²) in [6.07, 6.45) is 26.0. The van der Waals surface area contributed by atoms with Gasteiger partial charge in [0.05, 0.1) is 27.2 Å². The van der Waals surface area contributed by atoms with E-state index in [-0.39, 0.29) is 0 Å². The van der Waals surface area contributed by atoms with Crippen molar-refractivity contribution in [1.29, 1.82) is 0 Å². The molecule has 0 N–H and O–H groups in total. The lowest BCUT2D eigenvalue weighted by molar-refractivity contribution is -0.894. The van der Waals surface area contributed by atoms with E-state index in [4.69, 9.17) is 0 Å². The van der Waals surface area contributed by atoms with E-state index in [0.29, 0.717) is 0 Å². The largest absolute Gasteiger partial charge is 0.328 e. The summed E-state index contributed by atoms with van der Waals surface area (Å²) >= 11 is 0. The van der Waals surface area contributed by atoms with E-state index in [9.17, 15) is 0 Å². The molecule has 0 aromatic heterocycles. The Bertz CT molecular complexity index is 284. The lowest BCUT2D eigenvalue weighted by Gasteiger charge is -2.33. The topological polar surface area (TPSA) is 0 Å². The molecule has 0 fully saturated rings. The first-order chi connectivity index (χ1) is 13.1. The van der Waals surface area contributed by atoms with Gasteiger partial charge in [0.1, 0.15) is 0 Å². The predicted octanol–water partition coefficient (Wildman–Crippen LogP) is 8.76. The van der Waals surface area contributed by atoms with E-state index >= 15 is 0 Å². The SMILES string of the molecule is CCCCCCCCCCCCCCCC[N+](C)(C)CC(CC)CCCC. The molecule has 0 heterocycles. The fourth-order valence-corrected chi connectivity index (χ4v) is 4.44. The zero-order valence-corrected chi connectivity index (χ0v) is 20.2. The second-order valence-corrected chi connectivity index (χ2v) is 9.85. The van der Waals surface area contributed by atoms with Crippen LogP contribution in [0.25, 0.3) is 0 Å². The van der Waals surface area contributed by atoms with Crippen LogP contribution in [0.5, 0.6) is 0 Å². The Kier molecular flexibility index (Phi) is 19.3. The van der Waals surface area contributed by atoms with Crippen LogP contribution in [-0.2, 0) is 0 Å². The van der Waals surface area contributed by atoms with Crippen LogP contribution in [0.4, 0.5) is 0 Å². The average Bonchev–Trinajstić information content (AvgIpc) is 2.65. The number of rotatable bonds is 21. The highest BCUT2D eigenvalue weighted by Crippen LogP contribution is 2.18. The first-order valence-corrected chi connectivity index (χ1v) is 12.9. The molecule has 164 valence electrons. The third-order valence-corrected chi connectivity index (χ3v) is 6.41.